The monoisotopic (exact) mass is 341 g/mol. The van der Waals surface area contributed by atoms with Gasteiger partial charge in [0.15, 0.2) is 0 Å². The summed E-state index contributed by atoms with van der Waals surface area (Å²) in [5.41, 5.74) is 0.815. The van der Waals surface area contributed by atoms with Gasteiger partial charge >= 0.3 is 12.0 Å². The molecule has 0 bridgehead atoms. The van der Waals surface area contributed by atoms with Crippen LogP contribution in [0.5, 0.6) is 0 Å². The Kier molecular flexibility index (Phi) is 5.22. The van der Waals surface area contributed by atoms with Crippen LogP contribution in [0.25, 0.3) is 0 Å². The number of anilines is 1. The third-order valence-corrected chi connectivity index (χ3v) is 4.83. The third-order valence-electron chi connectivity index (χ3n) is 3.53. The molecule has 1 aliphatic rings. The predicted octanol–water partition coefficient (Wildman–Crippen LogP) is 0.582. The van der Waals surface area contributed by atoms with Gasteiger partial charge in [0.2, 0.25) is 10.0 Å². The number of hydrogen-bond acceptors (Lipinski definition) is 5. The van der Waals surface area contributed by atoms with Crippen molar-refractivity contribution in [2.24, 2.45) is 0 Å². The second-order valence-electron chi connectivity index (χ2n) is 5.15. The Hall–Kier alpha value is -2.13. The molecule has 1 heterocycles. The van der Waals surface area contributed by atoms with Crippen molar-refractivity contribution in [3.05, 3.63) is 29.8 Å². The van der Waals surface area contributed by atoms with Crippen molar-refractivity contribution < 1.29 is 22.7 Å². The number of benzene rings is 1. The number of carbonyl (C=O) groups excluding carboxylic acids is 2. The zero-order valence-corrected chi connectivity index (χ0v) is 13.8. The van der Waals surface area contributed by atoms with Gasteiger partial charge in [0.25, 0.3) is 0 Å². The van der Waals surface area contributed by atoms with E-state index < -0.39 is 16.0 Å². The third kappa shape index (κ3) is 4.42. The number of ether oxygens (including phenoxy) is 1. The maximum atomic E-state index is 12.2. The molecule has 0 spiro atoms. The number of hydrogen-bond donors (Lipinski definition) is 1. The molecular weight excluding hydrogens is 322 g/mol. The molecule has 1 N–H and O–H groups in total. The van der Waals surface area contributed by atoms with Gasteiger partial charge in [-0.15, -0.1) is 0 Å². The zero-order valence-electron chi connectivity index (χ0n) is 13.0. The molecule has 0 unspecified atom stereocenters. The van der Waals surface area contributed by atoms with Crippen molar-refractivity contribution in [3.8, 4) is 0 Å². The molecule has 0 radical (unpaired) electrons. The summed E-state index contributed by atoms with van der Waals surface area (Å²) >= 11 is 0. The van der Waals surface area contributed by atoms with Crippen LogP contribution in [-0.4, -0.2) is 69.2 Å². The Balaban J connectivity index is 1.97. The van der Waals surface area contributed by atoms with E-state index >= 15 is 0 Å². The highest BCUT2D eigenvalue weighted by Crippen LogP contribution is 2.13. The van der Waals surface area contributed by atoms with Gasteiger partial charge in [0, 0.05) is 31.9 Å². The molecular formula is C14H19N3O5S. The summed E-state index contributed by atoms with van der Waals surface area (Å²) in [7, 11) is -1.94. The van der Waals surface area contributed by atoms with Crippen molar-refractivity contribution in [2.45, 2.75) is 0 Å². The SMILES string of the molecule is COC(=O)c1cccc(NC(=O)N2CCN(S(C)(=O)=O)CC2)c1. The number of rotatable bonds is 3. The van der Waals surface area contributed by atoms with Crippen LogP contribution in [0.15, 0.2) is 24.3 Å². The summed E-state index contributed by atoms with van der Waals surface area (Å²) in [4.78, 5) is 25.2. The minimum Gasteiger partial charge on any atom is -0.465 e. The molecule has 1 saturated heterocycles. The molecule has 2 amide bonds. The van der Waals surface area contributed by atoms with Crippen LogP contribution in [0, 0.1) is 0 Å². The molecule has 8 nitrogen and oxygen atoms in total. The fraction of sp³-hybridized carbons (Fsp3) is 0.429. The molecule has 0 aromatic heterocycles. The first-order valence-electron chi connectivity index (χ1n) is 7.00. The van der Waals surface area contributed by atoms with Crippen LogP contribution in [0.1, 0.15) is 10.4 Å². The van der Waals surface area contributed by atoms with E-state index in [9.17, 15) is 18.0 Å². The largest absolute Gasteiger partial charge is 0.465 e. The fourth-order valence-electron chi connectivity index (χ4n) is 2.27. The highest BCUT2D eigenvalue weighted by molar-refractivity contribution is 7.88. The second-order valence-corrected chi connectivity index (χ2v) is 7.13. The lowest BCUT2D eigenvalue weighted by molar-refractivity contribution is 0.0600. The highest BCUT2D eigenvalue weighted by Gasteiger charge is 2.26. The Bertz CT molecular complexity index is 696. The van der Waals surface area contributed by atoms with Gasteiger partial charge in [0.1, 0.15) is 0 Å². The molecule has 2 rings (SSSR count). The minimum absolute atomic E-state index is 0.272. The number of methoxy groups -OCH3 is 1. The second kappa shape index (κ2) is 6.97. The predicted molar refractivity (Wildman–Crippen MR) is 84.8 cm³/mol. The molecule has 0 aliphatic carbocycles. The van der Waals surface area contributed by atoms with Gasteiger partial charge in [0.05, 0.1) is 18.9 Å². The number of nitrogens with zero attached hydrogens (tertiary/aromatic N) is 2. The molecule has 1 fully saturated rings. The number of esters is 1. The van der Waals surface area contributed by atoms with E-state index in [2.05, 4.69) is 10.1 Å². The molecule has 126 valence electrons. The highest BCUT2D eigenvalue weighted by atomic mass is 32.2. The topological polar surface area (TPSA) is 96.0 Å². The number of carbonyl (C=O) groups is 2. The van der Waals surface area contributed by atoms with Crippen LogP contribution in [-0.2, 0) is 14.8 Å². The Morgan fingerprint density at radius 3 is 2.39 bits per heavy atom. The molecule has 1 aliphatic heterocycles. The van der Waals surface area contributed by atoms with Gasteiger partial charge in [-0.2, -0.15) is 4.31 Å². The van der Waals surface area contributed by atoms with Crippen molar-refractivity contribution in [1.82, 2.24) is 9.21 Å². The lowest BCUT2D eigenvalue weighted by atomic mass is 10.2. The Morgan fingerprint density at radius 2 is 1.83 bits per heavy atom. The summed E-state index contributed by atoms with van der Waals surface area (Å²) < 4.78 is 28.9. The maximum absolute atomic E-state index is 12.2. The first-order valence-corrected chi connectivity index (χ1v) is 8.85. The van der Waals surface area contributed by atoms with Gasteiger partial charge in [-0.05, 0) is 18.2 Å². The van der Waals surface area contributed by atoms with Crippen molar-refractivity contribution in [1.29, 1.82) is 0 Å². The summed E-state index contributed by atoms with van der Waals surface area (Å²) in [5, 5.41) is 2.70. The molecule has 1 aromatic rings. The molecule has 9 heteroatoms. The number of sulfonamides is 1. The van der Waals surface area contributed by atoms with Gasteiger partial charge in [-0.1, -0.05) is 6.07 Å². The van der Waals surface area contributed by atoms with Gasteiger partial charge < -0.3 is 15.0 Å². The fourth-order valence-corrected chi connectivity index (χ4v) is 3.09. The number of amides is 2. The molecule has 23 heavy (non-hydrogen) atoms. The van der Waals surface area contributed by atoms with Crippen LogP contribution < -0.4 is 5.32 Å². The van der Waals surface area contributed by atoms with E-state index in [0.29, 0.717) is 24.3 Å². The van der Waals surface area contributed by atoms with Gasteiger partial charge in [-0.25, -0.2) is 18.0 Å². The normalized spacial score (nSPS) is 16.0. The van der Waals surface area contributed by atoms with E-state index in [-0.39, 0.29) is 19.1 Å². The van der Waals surface area contributed by atoms with Gasteiger partial charge in [-0.3, -0.25) is 0 Å². The Morgan fingerprint density at radius 1 is 1.17 bits per heavy atom. The summed E-state index contributed by atoms with van der Waals surface area (Å²) in [6.07, 6.45) is 1.15. The van der Waals surface area contributed by atoms with E-state index in [1.807, 2.05) is 0 Å². The van der Waals surface area contributed by atoms with Crippen molar-refractivity contribution in [3.63, 3.8) is 0 Å². The lowest BCUT2D eigenvalue weighted by Crippen LogP contribution is -2.51. The minimum atomic E-state index is -3.23. The maximum Gasteiger partial charge on any atom is 0.337 e. The van der Waals surface area contributed by atoms with Crippen LogP contribution in [0.2, 0.25) is 0 Å². The molecule has 1 aromatic carbocycles. The molecule has 0 saturated carbocycles. The average molecular weight is 341 g/mol. The van der Waals surface area contributed by atoms with E-state index in [1.54, 1.807) is 18.2 Å². The standard InChI is InChI=1S/C14H19N3O5S/c1-22-13(18)11-4-3-5-12(10-11)15-14(19)16-6-8-17(9-7-16)23(2,20)21/h3-5,10H,6-9H2,1-2H3,(H,15,19). The van der Waals surface area contributed by atoms with Crippen LogP contribution >= 0.6 is 0 Å². The molecule has 0 atom stereocenters. The zero-order chi connectivity index (χ0) is 17.0. The van der Waals surface area contributed by atoms with E-state index in [1.165, 1.54) is 22.4 Å². The number of nitrogens with one attached hydrogen (secondary N) is 1. The van der Waals surface area contributed by atoms with Crippen LogP contribution in [0.3, 0.4) is 0 Å². The first-order chi connectivity index (χ1) is 10.8. The van der Waals surface area contributed by atoms with E-state index in [4.69, 9.17) is 0 Å². The summed E-state index contributed by atoms with van der Waals surface area (Å²) in [6, 6.07) is 6.09. The number of piperazine rings is 1. The first kappa shape index (κ1) is 17.2. The number of urea groups is 1. The average Bonchev–Trinajstić information content (AvgIpc) is 2.53. The van der Waals surface area contributed by atoms with Crippen molar-refractivity contribution in [2.75, 3.05) is 44.9 Å². The summed E-state index contributed by atoms with van der Waals surface area (Å²) in [5.74, 6) is -0.483. The van der Waals surface area contributed by atoms with Crippen molar-refractivity contribution >= 4 is 27.7 Å². The Labute approximate surface area is 135 Å². The van der Waals surface area contributed by atoms with Crippen LogP contribution in [0.4, 0.5) is 10.5 Å². The van der Waals surface area contributed by atoms with E-state index in [0.717, 1.165) is 6.26 Å². The quantitative estimate of drug-likeness (QED) is 0.812. The lowest BCUT2D eigenvalue weighted by Gasteiger charge is -2.33. The smallest absolute Gasteiger partial charge is 0.337 e. The summed E-state index contributed by atoms with van der Waals surface area (Å²) in [6.45, 7) is 1.17.